The van der Waals surface area contributed by atoms with Crippen molar-refractivity contribution >= 4 is 29.4 Å². The van der Waals surface area contributed by atoms with Gasteiger partial charge in [0, 0.05) is 0 Å². The van der Waals surface area contributed by atoms with Crippen molar-refractivity contribution in [2.75, 3.05) is 0 Å². The number of hydrogen-bond acceptors (Lipinski definition) is 3. The van der Waals surface area contributed by atoms with E-state index in [1.807, 2.05) is 0 Å². The smallest absolute Gasteiger partial charge is 0.343 e. The van der Waals surface area contributed by atoms with Crippen molar-refractivity contribution in [2.24, 2.45) is 0 Å². The first-order chi connectivity index (χ1) is 6.11. The molecule has 0 saturated heterocycles. The Balaban J connectivity index is 3.01. The van der Waals surface area contributed by atoms with E-state index in [-0.39, 0.29) is 0 Å². The van der Waals surface area contributed by atoms with E-state index in [1.165, 1.54) is 11.3 Å². The molecule has 0 aliphatic rings. The summed E-state index contributed by atoms with van der Waals surface area (Å²) >= 11 is 1.37. The van der Waals surface area contributed by atoms with E-state index < -0.39 is 17.5 Å². The average Bonchev–Trinajstić information content (AvgIpc) is 2.50. The van der Waals surface area contributed by atoms with Gasteiger partial charge in [-0.15, -0.1) is 0 Å². The van der Waals surface area contributed by atoms with Crippen LogP contribution in [0, 0.1) is 0 Å². The molecule has 0 radical (unpaired) electrons. The summed E-state index contributed by atoms with van der Waals surface area (Å²) in [6.45, 7) is 0. The summed E-state index contributed by atoms with van der Waals surface area (Å²) in [7, 11) is 0. The molecule has 0 fully saturated rings. The van der Waals surface area contributed by atoms with Crippen LogP contribution in [-0.2, 0) is 9.59 Å². The largest absolute Gasteiger partial charge is 0.477 e. The van der Waals surface area contributed by atoms with Crippen LogP contribution in [0.15, 0.2) is 22.4 Å². The number of hydrogen-bond donors (Lipinski definition) is 2. The number of carbonyl (C=O) groups is 2. The van der Waals surface area contributed by atoms with Gasteiger partial charge in [0.2, 0.25) is 0 Å². The van der Waals surface area contributed by atoms with Crippen molar-refractivity contribution in [3.8, 4) is 0 Å². The molecule has 0 unspecified atom stereocenters. The first kappa shape index (κ1) is 9.47. The Kier molecular flexibility index (Phi) is 2.81. The fraction of sp³-hybridized carbons (Fsp3) is 0. The van der Waals surface area contributed by atoms with Gasteiger partial charge in [-0.05, 0) is 28.5 Å². The van der Waals surface area contributed by atoms with Crippen molar-refractivity contribution in [3.63, 3.8) is 0 Å². The molecule has 0 saturated carbocycles. The predicted molar refractivity (Wildman–Crippen MR) is 47.6 cm³/mol. The van der Waals surface area contributed by atoms with Gasteiger partial charge in [-0.1, -0.05) is 0 Å². The van der Waals surface area contributed by atoms with Crippen LogP contribution in [0.4, 0.5) is 0 Å². The lowest BCUT2D eigenvalue weighted by molar-refractivity contribution is -0.139. The minimum absolute atomic E-state index is 0.588. The summed E-state index contributed by atoms with van der Waals surface area (Å²) in [5.74, 6) is -2.86. The van der Waals surface area contributed by atoms with Gasteiger partial charge in [-0.2, -0.15) is 11.3 Å². The van der Waals surface area contributed by atoms with Gasteiger partial charge in [0.15, 0.2) is 0 Å². The van der Waals surface area contributed by atoms with E-state index in [2.05, 4.69) is 0 Å². The summed E-state index contributed by atoms with van der Waals surface area (Å²) in [5, 5.41) is 20.4. The van der Waals surface area contributed by atoms with Crippen molar-refractivity contribution < 1.29 is 19.8 Å². The van der Waals surface area contributed by atoms with Gasteiger partial charge >= 0.3 is 11.9 Å². The highest BCUT2D eigenvalue weighted by Gasteiger charge is 2.15. The maximum atomic E-state index is 10.4. The van der Waals surface area contributed by atoms with Crippen molar-refractivity contribution in [2.45, 2.75) is 0 Å². The molecule has 1 aromatic heterocycles. The summed E-state index contributed by atoms with van der Waals surface area (Å²) in [5.41, 5.74) is -0.0387. The third kappa shape index (κ3) is 2.41. The molecule has 0 amide bonds. The van der Waals surface area contributed by atoms with Gasteiger partial charge < -0.3 is 10.2 Å². The number of thiophene rings is 1. The highest BCUT2D eigenvalue weighted by molar-refractivity contribution is 7.08. The van der Waals surface area contributed by atoms with Gasteiger partial charge in [0.1, 0.15) is 5.57 Å². The first-order valence-corrected chi connectivity index (χ1v) is 4.26. The third-order valence-electron chi connectivity index (χ3n) is 1.32. The van der Waals surface area contributed by atoms with E-state index >= 15 is 0 Å². The molecule has 0 spiro atoms. The van der Waals surface area contributed by atoms with E-state index in [0.29, 0.717) is 5.56 Å². The summed E-state index contributed by atoms with van der Waals surface area (Å²) in [4.78, 5) is 20.8. The highest BCUT2D eigenvalue weighted by atomic mass is 32.1. The fourth-order valence-electron chi connectivity index (χ4n) is 0.739. The average molecular weight is 198 g/mol. The summed E-state index contributed by atoms with van der Waals surface area (Å²) in [6.07, 6.45) is 1.13. The van der Waals surface area contributed by atoms with Crippen LogP contribution in [0.25, 0.3) is 6.08 Å². The lowest BCUT2D eigenvalue weighted by atomic mass is 10.2. The van der Waals surface area contributed by atoms with E-state index in [4.69, 9.17) is 10.2 Å². The number of carboxylic acids is 2. The van der Waals surface area contributed by atoms with E-state index in [9.17, 15) is 9.59 Å². The Labute approximate surface area is 77.8 Å². The van der Waals surface area contributed by atoms with E-state index in [1.54, 1.807) is 16.8 Å². The van der Waals surface area contributed by atoms with Crippen molar-refractivity contribution in [1.29, 1.82) is 0 Å². The van der Waals surface area contributed by atoms with Crippen LogP contribution >= 0.6 is 11.3 Å². The summed E-state index contributed by atoms with van der Waals surface area (Å²) < 4.78 is 0. The Morgan fingerprint density at radius 3 is 2.31 bits per heavy atom. The zero-order valence-corrected chi connectivity index (χ0v) is 7.25. The number of rotatable bonds is 3. The lowest BCUT2D eigenvalue weighted by Crippen LogP contribution is -2.10. The molecular weight excluding hydrogens is 192 g/mol. The molecule has 5 heteroatoms. The molecule has 68 valence electrons. The lowest BCUT2D eigenvalue weighted by Gasteiger charge is -1.92. The minimum atomic E-state index is -1.43. The Hall–Kier alpha value is -1.62. The maximum Gasteiger partial charge on any atom is 0.343 e. The molecule has 2 N–H and O–H groups in total. The SMILES string of the molecule is O=C(O)C(=Cc1ccsc1)C(=O)O. The third-order valence-corrected chi connectivity index (χ3v) is 2.02. The second-order valence-corrected chi connectivity index (χ2v) is 3.01. The second-order valence-electron chi connectivity index (χ2n) is 2.23. The number of aliphatic carboxylic acids is 2. The monoisotopic (exact) mass is 198 g/mol. The molecule has 1 rings (SSSR count). The van der Waals surface area contributed by atoms with Gasteiger partial charge in [-0.25, -0.2) is 9.59 Å². The molecule has 0 atom stereocenters. The Bertz CT molecular complexity index is 334. The molecule has 4 nitrogen and oxygen atoms in total. The molecule has 0 aliphatic carbocycles. The topological polar surface area (TPSA) is 74.6 Å². The van der Waals surface area contributed by atoms with Crippen LogP contribution in [0.2, 0.25) is 0 Å². The molecule has 0 bridgehead atoms. The normalized spacial score (nSPS) is 9.23. The van der Waals surface area contributed by atoms with Gasteiger partial charge in [0.05, 0.1) is 0 Å². The fourth-order valence-corrected chi connectivity index (χ4v) is 1.36. The quantitative estimate of drug-likeness (QED) is 0.436. The Morgan fingerprint density at radius 2 is 1.92 bits per heavy atom. The second kappa shape index (κ2) is 3.86. The van der Waals surface area contributed by atoms with Crippen LogP contribution in [0.1, 0.15) is 5.56 Å². The standard InChI is InChI=1S/C8H6O4S/c9-7(10)6(8(11)12)3-5-1-2-13-4-5/h1-4H,(H,9,10)(H,11,12). The van der Waals surface area contributed by atoms with Crippen LogP contribution in [-0.4, -0.2) is 22.2 Å². The number of carboxylic acid groups (broad SMARTS) is 2. The molecule has 13 heavy (non-hydrogen) atoms. The van der Waals surface area contributed by atoms with Crippen LogP contribution < -0.4 is 0 Å². The van der Waals surface area contributed by atoms with Crippen molar-refractivity contribution in [1.82, 2.24) is 0 Å². The summed E-state index contributed by atoms with van der Waals surface area (Å²) in [6, 6.07) is 1.65. The van der Waals surface area contributed by atoms with Crippen LogP contribution in [0.5, 0.6) is 0 Å². The van der Waals surface area contributed by atoms with E-state index in [0.717, 1.165) is 6.08 Å². The zero-order chi connectivity index (χ0) is 9.84. The predicted octanol–water partition coefficient (Wildman–Crippen LogP) is 1.30. The molecule has 1 aromatic rings. The Morgan fingerprint density at radius 1 is 1.31 bits per heavy atom. The molecule has 0 aromatic carbocycles. The minimum Gasteiger partial charge on any atom is -0.477 e. The van der Waals surface area contributed by atoms with Gasteiger partial charge in [-0.3, -0.25) is 0 Å². The van der Waals surface area contributed by atoms with Crippen LogP contribution in [0.3, 0.4) is 0 Å². The molecular formula is C8H6O4S. The highest BCUT2D eigenvalue weighted by Crippen LogP contribution is 2.11. The van der Waals surface area contributed by atoms with Crippen molar-refractivity contribution in [3.05, 3.63) is 28.0 Å². The zero-order valence-electron chi connectivity index (χ0n) is 6.43. The maximum absolute atomic E-state index is 10.4. The molecule has 0 aliphatic heterocycles. The molecule has 1 heterocycles. The van der Waals surface area contributed by atoms with Gasteiger partial charge in [0.25, 0.3) is 0 Å². The first-order valence-electron chi connectivity index (χ1n) is 3.31.